The number of carbonyl (C=O) groups excluding carboxylic acids is 1. The first kappa shape index (κ1) is 15.7. The zero-order chi connectivity index (χ0) is 21.9. The standard InChI is InChI=1S/C21H17ClN2O5/c22-9-18(25)24-15(21(26)27)8-13-12-3-1-2-4-14(12)23-19(13)20(24)11-5-6-16-17(7-11)29-10-28-16/h1-7,15,20,23H,8-10H2,(H,26,27)/t15-,20-/m1/s1/i10D2. The summed E-state index contributed by atoms with van der Waals surface area (Å²) in [7, 11) is 0. The quantitative estimate of drug-likeness (QED) is 0.643. The third-order valence-electron chi connectivity index (χ3n) is 5.41. The number of carbonyl (C=O) groups is 2. The lowest BCUT2D eigenvalue weighted by atomic mass is 9.88. The number of aliphatic carboxylic acids is 1. The van der Waals surface area contributed by atoms with Crippen LogP contribution in [0.3, 0.4) is 0 Å². The van der Waals surface area contributed by atoms with Crippen LogP contribution in [0.25, 0.3) is 10.9 Å². The van der Waals surface area contributed by atoms with Crippen molar-refractivity contribution < 1.29 is 26.9 Å². The number of H-pyrrole nitrogens is 1. The summed E-state index contributed by atoms with van der Waals surface area (Å²) in [6, 6.07) is 10.4. The van der Waals surface area contributed by atoms with Gasteiger partial charge in [-0.15, -0.1) is 11.6 Å². The van der Waals surface area contributed by atoms with Gasteiger partial charge in [-0.25, -0.2) is 4.79 Å². The van der Waals surface area contributed by atoms with Crippen molar-refractivity contribution in [1.82, 2.24) is 9.88 Å². The molecule has 0 radical (unpaired) electrons. The third kappa shape index (κ3) is 2.73. The largest absolute Gasteiger partial charge is 0.480 e. The minimum absolute atomic E-state index is 0.140. The first-order valence-electron chi connectivity index (χ1n) is 10.0. The van der Waals surface area contributed by atoms with Crippen LogP contribution in [0.15, 0.2) is 42.5 Å². The number of aromatic nitrogens is 1. The number of rotatable bonds is 3. The van der Waals surface area contributed by atoms with Gasteiger partial charge in [-0.1, -0.05) is 24.3 Å². The van der Waals surface area contributed by atoms with Crippen LogP contribution >= 0.6 is 11.6 Å². The molecule has 2 aromatic carbocycles. The molecule has 29 heavy (non-hydrogen) atoms. The maximum atomic E-state index is 12.8. The van der Waals surface area contributed by atoms with Crippen LogP contribution in [0.2, 0.25) is 0 Å². The van der Waals surface area contributed by atoms with E-state index < -0.39 is 30.7 Å². The highest BCUT2D eigenvalue weighted by Gasteiger charge is 2.43. The molecule has 7 nitrogen and oxygen atoms in total. The van der Waals surface area contributed by atoms with Crippen molar-refractivity contribution in [1.29, 1.82) is 0 Å². The fourth-order valence-electron chi connectivity index (χ4n) is 4.17. The number of hydrogen-bond donors (Lipinski definition) is 2. The average molecular weight is 415 g/mol. The van der Waals surface area contributed by atoms with Crippen LogP contribution in [0.1, 0.15) is 25.6 Å². The number of amides is 1. The lowest BCUT2D eigenvalue weighted by Crippen LogP contribution is -2.52. The predicted molar refractivity (Wildman–Crippen MR) is 105 cm³/mol. The molecular weight excluding hydrogens is 396 g/mol. The Kier molecular flexibility index (Phi) is 3.63. The van der Waals surface area contributed by atoms with Crippen molar-refractivity contribution in [3.8, 4) is 11.5 Å². The van der Waals surface area contributed by atoms with Crippen molar-refractivity contribution in [2.24, 2.45) is 0 Å². The fraction of sp³-hybridized carbons (Fsp3) is 0.238. The average Bonchev–Trinajstić information content (AvgIpc) is 3.26. The third-order valence-corrected chi connectivity index (χ3v) is 5.63. The van der Waals surface area contributed by atoms with E-state index in [1.54, 1.807) is 18.2 Å². The van der Waals surface area contributed by atoms with Crippen molar-refractivity contribution >= 4 is 34.4 Å². The van der Waals surface area contributed by atoms with Gasteiger partial charge in [0, 0.05) is 23.0 Å². The van der Waals surface area contributed by atoms with Crippen LogP contribution < -0.4 is 9.47 Å². The number of halogens is 1. The van der Waals surface area contributed by atoms with E-state index in [9.17, 15) is 14.7 Å². The first-order valence-corrected chi connectivity index (χ1v) is 9.54. The molecule has 0 saturated heterocycles. The molecule has 2 aliphatic rings. The predicted octanol–water partition coefficient (Wildman–Crippen LogP) is 3.06. The summed E-state index contributed by atoms with van der Waals surface area (Å²) in [5.74, 6) is -1.61. The highest BCUT2D eigenvalue weighted by Crippen LogP contribution is 2.43. The Balaban J connectivity index is 1.73. The molecule has 148 valence electrons. The number of nitrogens with one attached hydrogen (secondary N) is 1. The highest BCUT2D eigenvalue weighted by atomic mass is 35.5. The highest BCUT2D eigenvalue weighted by molar-refractivity contribution is 6.27. The van der Waals surface area contributed by atoms with Gasteiger partial charge in [0.1, 0.15) is 14.7 Å². The van der Waals surface area contributed by atoms with Gasteiger partial charge in [-0.05, 0) is 29.3 Å². The Morgan fingerprint density at radius 2 is 2.03 bits per heavy atom. The van der Waals surface area contributed by atoms with Crippen LogP contribution in [0.4, 0.5) is 0 Å². The van der Waals surface area contributed by atoms with Gasteiger partial charge in [0.15, 0.2) is 11.5 Å². The molecule has 0 fully saturated rings. The second-order valence-electron chi connectivity index (χ2n) is 6.95. The van der Waals surface area contributed by atoms with Crippen molar-refractivity contribution in [3.05, 3.63) is 59.3 Å². The van der Waals surface area contributed by atoms with E-state index in [0.717, 1.165) is 16.5 Å². The number of aromatic amines is 1. The molecule has 1 amide bonds. The van der Waals surface area contributed by atoms with E-state index in [-0.39, 0.29) is 23.8 Å². The molecule has 2 atom stereocenters. The molecule has 2 aliphatic heterocycles. The number of carboxylic acids is 1. The maximum absolute atomic E-state index is 12.8. The van der Waals surface area contributed by atoms with Gasteiger partial charge in [-0.2, -0.15) is 0 Å². The number of para-hydroxylation sites is 1. The van der Waals surface area contributed by atoms with Crippen molar-refractivity contribution in [2.45, 2.75) is 18.5 Å². The van der Waals surface area contributed by atoms with Gasteiger partial charge in [-0.3, -0.25) is 4.79 Å². The number of hydrogen-bond acceptors (Lipinski definition) is 4. The zero-order valence-electron chi connectivity index (χ0n) is 17.0. The van der Waals surface area contributed by atoms with E-state index in [0.29, 0.717) is 11.3 Å². The van der Waals surface area contributed by atoms with Gasteiger partial charge < -0.3 is 24.5 Å². The zero-order valence-corrected chi connectivity index (χ0v) is 15.8. The van der Waals surface area contributed by atoms with E-state index >= 15 is 0 Å². The lowest BCUT2D eigenvalue weighted by molar-refractivity contribution is -0.151. The molecule has 1 aromatic heterocycles. The molecule has 0 aliphatic carbocycles. The van der Waals surface area contributed by atoms with Gasteiger partial charge >= 0.3 is 5.97 Å². The minimum atomic E-state index is -2.30. The van der Waals surface area contributed by atoms with Crippen LogP contribution in [-0.2, 0) is 16.0 Å². The summed E-state index contributed by atoms with van der Waals surface area (Å²) in [4.78, 5) is 29.6. The molecule has 3 heterocycles. The number of fused-ring (bicyclic) bond motifs is 4. The second kappa shape index (κ2) is 6.70. The van der Waals surface area contributed by atoms with Gasteiger partial charge in [0.2, 0.25) is 12.7 Å². The normalized spacial score (nSPS) is 22.7. The molecule has 0 bridgehead atoms. The summed E-state index contributed by atoms with van der Waals surface area (Å²) in [6.07, 6.45) is 0.140. The van der Waals surface area contributed by atoms with Crippen molar-refractivity contribution in [3.63, 3.8) is 0 Å². The Hall–Kier alpha value is -3.19. The Morgan fingerprint density at radius 3 is 2.83 bits per heavy atom. The molecule has 3 aromatic rings. The minimum Gasteiger partial charge on any atom is -0.480 e. The molecule has 5 rings (SSSR count). The van der Waals surface area contributed by atoms with Gasteiger partial charge in [0.25, 0.3) is 0 Å². The van der Waals surface area contributed by atoms with E-state index in [1.807, 2.05) is 24.3 Å². The Bertz CT molecular complexity index is 1230. The smallest absolute Gasteiger partial charge is 0.326 e. The molecule has 0 spiro atoms. The van der Waals surface area contributed by atoms with Crippen LogP contribution in [0, 0.1) is 0 Å². The summed E-state index contributed by atoms with van der Waals surface area (Å²) < 4.78 is 25.7. The van der Waals surface area contributed by atoms with Crippen LogP contribution in [-0.4, -0.2) is 45.5 Å². The molecular formula is C21H17ClN2O5. The van der Waals surface area contributed by atoms with Crippen molar-refractivity contribution in [2.75, 3.05) is 12.6 Å². The Morgan fingerprint density at radius 1 is 1.24 bits per heavy atom. The lowest BCUT2D eigenvalue weighted by Gasteiger charge is -2.40. The summed E-state index contributed by atoms with van der Waals surface area (Å²) >= 11 is 5.86. The monoisotopic (exact) mass is 414 g/mol. The van der Waals surface area contributed by atoms with E-state index in [1.165, 1.54) is 4.90 Å². The van der Waals surface area contributed by atoms with Crippen LogP contribution in [0.5, 0.6) is 11.5 Å². The van der Waals surface area contributed by atoms with Gasteiger partial charge in [0.05, 0.1) is 6.04 Å². The number of nitrogens with zero attached hydrogens (tertiary/aromatic N) is 1. The molecule has 0 unspecified atom stereocenters. The number of carboxylic acid groups (broad SMARTS) is 1. The number of benzene rings is 2. The summed E-state index contributed by atoms with van der Waals surface area (Å²) in [6.45, 7) is -2.30. The SMILES string of the molecule is [2H]C1([2H])Oc2ccc([C@@H]3c4[nH]c5ccccc5c4C[C@H](C(=O)O)N3C(=O)CCl)cc2O1. The van der Waals surface area contributed by atoms with E-state index in [4.69, 9.17) is 23.8 Å². The molecule has 8 heteroatoms. The maximum Gasteiger partial charge on any atom is 0.326 e. The number of ether oxygens (including phenoxy) is 2. The molecule has 0 saturated carbocycles. The summed E-state index contributed by atoms with van der Waals surface area (Å²) in [5.41, 5.74) is 2.90. The number of alkyl halides is 1. The Labute approximate surface area is 173 Å². The topological polar surface area (TPSA) is 91.9 Å². The second-order valence-corrected chi connectivity index (χ2v) is 7.22. The first-order chi connectivity index (χ1) is 14.8. The summed E-state index contributed by atoms with van der Waals surface area (Å²) in [5, 5.41) is 10.8. The molecule has 2 N–H and O–H groups in total. The van der Waals surface area contributed by atoms with E-state index in [2.05, 4.69) is 4.98 Å². The fourth-order valence-corrected chi connectivity index (χ4v) is 4.31.